The first-order chi connectivity index (χ1) is 24.8. The molecule has 0 amide bonds. The molecule has 0 saturated carbocycles. The van der Waals surface area contributed by atoms with Gasteiger partial charge in [-0.25, -0.2) is 9.97 Å². The lowest BCUT2D eigenvalue weighted by molar-refractivity contribution is 1.18. The molecule has 0 atom stereocenters. The molecular formula is C48H30N2. The zero-order valence-electron chi connectivity index (χ0n) is 27.2. The highest BCUT2D eigenvalue weighted by Crippen LogP contribution is 2.43. The third-order valence-electron chi connectivity index (χ3n) is 10.2. The van der Waals surface area contributed by atoms with Gasteiger partial charge in [-0.3, -0.25) is 0 Å². The van der Waals surface area contributed by atoms with Gasteiger partial charge in [0.05, 0.1) is 0 Å². The van der Waals surface area contributed by atoms with Crippen molar-refractivity contribution in [2.24, 2.45) is 0 Å². The summed E-state index contributed by atoms with van der Waals surface area (Å²) < 4.78 is 0. The summed E-state index contributed by atoms with van der Waals surface area (Å²) in [6.45, 7) is 0. The molecule has 0 radical (unpaired) electrons. The minimum atomic E-state index is 0.746. The predicted octanol–water partition coefficient (Wildman–Crippen LogP) is 12.9. The van der Waals surface area contributed by atoms with E-state index >= 15 is 0 Å². The van der Waals surface area contributed by atoms with Gasteiger partial charge in [0, 0.05) is 18.0 Å². The highest BCUT2D eigenvalue weighted by molar-refractivity contribution is 6.22. The van der Waals surface area contributed by atoms with Crippen LogP contribution in [0.25, 0.3) is 98.6 Å². The Morgan fingerprint density at radius 3 is 1.36 bits per heavy atom. The topological polar surface area (TPSA) is 25.8 Å². The SMILES string of the molecule is c1cnc(-c2c3ccccc3c(-c3ccc(-c4ccc(-c5cc6c7ccccc7ccc6c6ccccc56)cc4)cc3)c3ccccc23)nc1. The summed E-state index contributed by atoms with van der Waals surface area (Å²) in [7, 11) is 0. The predicted molar refractivity (Wildman–Crippen MR) is 211 cm³/mol. The van der Waals surface area contributed by atoms with Crippen LogP contribution in [-0.2, 0) is 0 Å². The maximum absolute atomic E-state index is 4.65. The number of hydrogen-bond donors (Lipinski definition) is 0. The Morgan fingerprint density at radius 2 is 0.740 bits per heavy atom. The second kappa shape index (κ2) is 11.5. The van der Waals surface area contributed by atoms with Crippen molar-refractivity contribution in [3.8, 4) is 44.8 Å². The number of nitrogens with zero attached hydrogens (tertiary/aromatic N) is 2. The summed E-state index contributed by atoms with van der Waals surface area (Å²) in [5.74, 6) is 0.746. The fourth-order valence-electron chi connectivity index (χ4n) is 7.88. The monoisotopic (exact) mass is 634 g/mol. The van der Waals surface area contributed by atoms with E-state index in [-0.39, 0.29) is 0 Å². The second-order valence-electron chi connectivity index (χ2n) is 12.9. The van der Waals surface area contributed by atoms with Gasteiger partial charge in [-0.2, -0.15) is 0 Å². The third kappa shape index (κ3) is 4.50. The molecule has 9 aromatic carbocycles. The minimum absolute atomic E-state index is 0.746. The van der Waals surface area contributed by atoms with Crippen LogP contribution in [0.4, 0.5) is 0 Å². The first-order valence-corrected chi connectivity index (χ1v) is 17.1. The van der Waals surface area contributed by atoms with Crippen molar-refractivity contribution in [1.82, 2.24) is 9.97 Å². The minimum Gasteiger partial charge on any atom is -0.237 e. The van der Waals surface area contributed by atoms with Crippen molar-refractivity contribution >= 4 is 53.9 Å². The number of aromatic nitrogens is 2. The maximum atomic E-state index is 4.65. The van der Waals surface area contributed by atoms with Gasteiger partial charge in [0.1, 0.15) is 0 Å². The summed E-state index contributed by atoms with van der Waals surface area (Å²) in [4.78, 5) is 9.30. The van der Waals surface area contributed by atoms with Gasteiger partial charge in [0.2, 0.25) is 0 Å². The first kappa shape index (κ1) is 28.4. The normalized spacial score (nSPS) is 11.6. The quantitative estimate of drug-likeness (QED) is 0.142. The van der Waals surface area contributed by atoms with Crippen LogP contribution >= 0.6 is 0 Å². The fourth-order valence-corrected chi connectivity index (χ4v) is 7.88. The maximum Gasteiger partial charge on any atom is 0.160 e. The van der Waals surface area contributed by atoms with Gasteiger partial charge >= 0.3 is 0 Å². The fraction of sp³-hybridized carbons (Fsp3) is 0. The lowest BCUT2D eigenvalue weighted by Crippen LogP contribution is -1.93. The summed E-state index contributed by atoms with van der Waals surface area (Å²) in [6.07, 6.45) is 3.63. The van der Waals surface area contributed by atoms with E-state index in [0.717, 1.165) is 22.2 Å². The highest BCUT2D eigenvalue weighted by Gasteiger charge is 2.18. The Kier molecular flexibility index (Phi) is 6.53. The summed E-state index contributed by atoms with van der Waals surface area (Å²) >= 11 is 0. The van der Waals surface area contributed by atoms with Gasteiger partial charge < -0.3 is 0 Å². The first-order valence-electron chi connectivity index (χ1n) is 17.1. The largest absolute Gasteiger partial charge is 0.237 e. The van der Waals surface area contributed by atoms with Gasteiger partial charge in [-0.1, -0.05) is 158 Å². The van der Waals surface area contributed by atoms with Gasteiger partial charge in [-0.15, -0.1) is 0 Å². The number of rotatable bonds is 4. The van der Waals surface area contributed by atoms with Crippen molar-refractivity contribution in [2.75, 3.05) is 0 Å². The van der Waals surface area contributed by atoms with Crippen LogP contribution in [0.15, 0.2) is 182 Å². The Bertz CT molecular complexity index is 2830. The molecule has 0 unspecified atom stereocenters. The smallest absolute Gasteiger partial charge is 0.160 e. The number of hydrogen-bond acceptors (Lipinski definition) is 2. The zero-order valence-corrected chi connectivity index (χ0v) is 27.2. The van der Waals surface area contributed by atoms with E-state index in [1.54, 1.807) is 0 Å². The molecule has 0 aliphatic rings. The molecule has 1 aromatic heterocycles. The Hall–Kier alpha value is -6.64. The van der Waals surface area contributed by atoms with E-state index in [1.165, 1.54) is 76.5 Å². The molecule has 0 bridgehead atoms. The molecule has 10 aromatic rings. The molecule has 1 heterocycles. The average molecular weight is 635 g/mol. The van der Waals surface area contributed by atoms with Crippen LogP contribution in [0.3, 0.4) is 0 Å². The molecule has 2 nitrogen and oxygen atoms in total. The van der Waals surface area contributed by atoms with E-state index in [1.807, 2.05) is 18.5 Å². The van der Waals surface area contributed by atoms with E-state index < -0.39 is 0 Å². The average Bonchev–Trinajstić information content (AvgIpc) is 3.20. The van der Waals surface area contributed by atoms with Crippen LogP contribution in [0.2, 0.25) is 0 Å². The van der Waals surface area contributed by atoms with E-state index in [4.69, 9.17) is 0 Å². The van der Waals surface area contributed by atoms with Crippen LogP contribution in [0.1, 0.15) is 0 Å². The molecule has 10 rings (SSSR count). The molecule has 0 aliphatic carbocycles. The van der Waals surface area contributed by atoms with Crippen molar-refractivity contribution in [2.45, 2.75) is 0 Å². The number of benzene rings is 9. The van der Waals surface area contributed by atoms with Crippen LogP contribution in [-0.4, -0.2) is 9.97 Å². The van der Waals surface area contributed by atoms with Crippen molar-refractivity contribution in [3.05, 3.63) is 182 Å². The second-order valence-corrected chi connectivity index (χ2v) is 12.9. The number of fused-ring (bicyclic) bond motifs is 7. The van der Waals surface area contributed by atoms with Crippen molar-refractivity contribution in [1.29, 1.82) is 0 Å². The van der Waals surface area contributed by atoms with Gasteiger partial charge in [0.15, 0.2) is 5.82 Å². The molecule has 2 heteroatoms. The lowest BCUT2D eigenvalue weighted by Gasteiger charge is -2.17. The van der Waals surface area contributed by atoms with Crippen LogP contribution in [0, 0.1) is 0 Å². The molecule has 0 saturated heterocycles. The molecule has 0 spiro atoms. The van der Waals surface area contributed by atoms with Crippen LogP contribution in [0.5, 0.6) is 0 Å². The summed E-state index contributed by atoms with van der Waals surface area (Å²) in [5.41, 5.74) is 8.36. The molecule has 0 aliphatic heterocycles. The summed E-state index contributed by atoms with van der Waals surface area (Å²) in [6, 6.07) is 61.6. The zero-order chi connectivity index (χ0) is 33.0. The standard InChI is InChI=1S/C48H30N2/c1-2-11-36-33(10-1)26-27-39-37-12-3-4-13-38(37)44(30-45(36)39)34-22-18-31(19-23-34)32-20-24-35(25-21-32)46-40-14-5-7-16-42(40)47(48-49-28-9-29-50-48)43-17-8-6-15-41(43)46/h1-30H. The molecule has 0 fully saturated rings. The Morgan fingerprint density at radius 1 is 0.280 bits per heavy atom. The van der Waals surface area contributed by atoms with Crippen LogP contribution < -0.4 is 0 Å². The Labute approximate surface area is 290 Å². The van der Waals surface area contributed by atoms with Crippen molar-refractivity contribution < 1.29 is 0 Å². The lowest BCUT2D eigenvalue weighted by atomic mass is 9.87. The molecular weight excluding hydrogens is 605 g/mol. The van der Waals surface area contributed by atoms with Gasteiger partial charge in [0.25, 0.3) is 0 Å². The highest BCUT2D eigenvalue weighted by atomic mass is 14.9. The molecule has 50 heavy (non-hydrogen) atoms. The van der Waals surface area contributed by atoms with E-state index in [9.17, 15) is 0 Å². The van der Waals surface area contributed by atoms with E-state index in [0.29, 0.717) is 0 Å². The molecule has 232 valence electrons. The van der Waals surface area contributed by atoms with E-state index in [2.05, 4.69) is 174 Å². The van der Waals surface area contributed by atoms with Gasteiger partial charge in [-0.05, 0) is 99.4 Å². The molecule has 0 N–H and O–H groups in total. The summed E-state index contributed by atoms with van der Waals surface area (Å²) in [5, 5.41) is 12.4. The Balaban J connectivity index is 1.07. The third-order valence-corrected chi connectivity index (χ3v) is 10.2. The van der Waals surface area contributed by atoms with Crippen molar-refractivity contribution in [3.63, 3.8) is 0 Å².